The molecule has 0 bridgehead atoms. The first-order valence-corrected chi connectivity index (χ1v) is 4.14. The molecular weight excluding hydrogens is 150 g/mol. The normalized spacial score (nSPS) is 31.6. The van der Waals surface area contributed by atoms with Crippen LogP contribution in [0, 0.1) is 5.41 Å². The average molecular weight is 163 g/mol. The summed E-state index contributed by atoms with van der Waals surface area (Å²) in [4.78, 5) is 7.96. The van der Waals surface area contributed by atoms with Gasteiger partial charge in [-0.2, -0.15) is 0 Å². The molecule has 0 amide bonds. The Balaban J connectivity index is 2.25. The lowest BCUT2D eigenvalue weighted by Crippen LogP contribution is -2.06. The predicted molar refractivity (Wildman–Crippen MR) is 46.5 cm³/mol. The minimum Gasteiger partial charge on any atom is -0.327 e. The maximum Gasteiger partial charge on any atom is 0.115 e. The minimum atomic E-state index is 0.227. The van der Waals surface area contributed by atoms with E-state index in [2.05, 4.69) is 23.8 Å². The van der Waals surface area contributed by atoms with Gasteiger partial charge in [-0.05, 0) is 11.0 Å². The fourth-order valence-electron chi connectivity index (χ4n) is 1.79. The lowest BCUT2D eigenvalue weighted by molar-refractivity contribution is 0.598. The van der Waals surface area contributed by atoms with E-state index in [1.807, 2.05) is 12.4 Å². The van der Waals surface area contributed by atoms with E-state index in [1.165, 1.54) is 0 Å². The summed E-state index contributed by atoms with van der Waals surface area (Å²) in [6, 6.07) is 0.267. The van der Waals surface area contributed by atoms with Crippen LogP contribution in [0.2, 0.25) is 0 Å². The number of nitrogens with zero attached hydrogens (tertiary/aromatic N) is 2. The summed E-state index contributed by atoms with van der Waals surface area (Å²) >= 11 is 0. The standard InChI is InChI=1S/C9H13N3/c1-9(2)7(8(9)10)6-3-11-5-12-4-6/h3-5,7-8H,10H2,1-2H3/t7-,8-/m1/s1. The Hall–Kier alpha value is -0.960. The average Bonchev–Trinajstić information content (AvgIpc) is 2.53. The molecule has 2 atom stereocenters. The summed E-state index contributed by atoms with van der Waals surface area (Å²) in [5, 5.41) is 0. The van der Waals surface area contributed by atoms with Gasteiger partial charge in [0.1, 0.15) is 6.33 Å². The second-order valence-electron chi connectivity index (χ2n) is 4.00. The van der Waals surface area contributed by atoms with Crippen LogP contribution in [-0.2, 0) is 0 Å². The van der Waals surface area contributed by atoms with Gasteiger partial charge in [-0.15, -0.1) is 0 Å². The molecule has 0 saturated heterocycles. The van der Waals surface area contributed by atoms with Crippen molar-refractivity contribution in [2.45, 2.75) is 25.8 Å². The Morgan fingerprint density at radius 1 is 1.33 bits per heavy atom. The molecular formula is C9H13N3. The zero-order valence-electron chi connectivity index (χ0n) is 7.36. The van der Waals surface area contributed by atoms with Gasteiger partial charge in [-0.1, -0.05) is 13.8 Å². The van der Waals surface area contributed by atoms with Crippen LogP contribution in [0.25, 0.3) is 0 Å². The molecule has 0 unspecified atom stereocenters. The van der Waals surface area contributed by atoms with Gasteiger partial charge >= 0.3 is 0 Å². The Labute approximate surface area is 72.0 Å². The summed E-state index contributed by atoms with van der Waals surface area (Å²) in [5.41, 5.74) is 7.31. The highest BCUT2D eigenvalue weighted by Gasteiger charge is 2.56. The van der Waals surface area contributed by atoms with Gasteiger partial charge in [-0.3, -0.25) is 0 Å². The summed E-state index contributed by atoms with van der Waals surface area (Å²) in [6.45, 7) is 4.35. The van der Waals surface area contributed by atoms with Crippen LogP contribution in [0.3, 0.4) is 0 Å². The number of hydrogen-bond donors (Lipinski definition) is 1. The Morgan fingerprint density at radius 3 is 2.25 bits per heavy atom. The van der Waals surface area contributed by atoms with Gasteiger partial charge < -0.3 is 5.73 Å². The van der Waals surface area contributed by atoms with Crippen LogP contribution < -0.4 is 5.73 Å². The highest BCUT2D eigenvalue weighted by atomic mass is 14.9. The minimum absolute atomic E-state index is 0.227. The van der Waals surface area contributed by atoms with Crippen molar-refractivity contribution in [3.63, 3.8) is 0 Å². The molecule has 2 rings (SSSR count). The largest absolute Gasteiger partial charge is 0.327 e. The van der Waals surface area contributed by atoms with Gasteiger partial charge in [-0.25, -0.2) is 9.97 Å². The predicted octanol–water partition coefficient (Wildman–Crippen LogP) is 0.927. The fourth-order valence-corrected chi connectivity index (χ4v) is 1.79. The van der Waals surface area contributed by atoms with Crippen molar-refractivity contribution in [2.75, 3.05) is 0 Å². The zero-order valence-corrected chi connectivity index (χ0v) is 7.36. The molecule has 3 heteroatoms. The highest BCUT2D eigenvalue weighted by Crippen LogP contribution is 2.56. The Morgan fingerprint density at radius 2 is 1.83 bits per heavy atom. The molecule has 1 aromatic heterocycles. The molecule has 12 heavy (non-hydrogen) atoms. The third-order valence-corrected chi connectivity index (χ3v) is 2.85. The van der Waals surface area contributed by atoms with E-state index >= 15 is 0 Å². The quantitative estimate of drug-likeness (QED) is 0.670. The molecule has 0 radical (unpaired) electrons. The SMILES string of the molecule is CC1(C)[C@H](N)[C@H]1c1cncnc1. The van der Waals surface area contributed by atoms with Crippen molar-refractivity contribution in [3.05, 3.63) is 24.3 Å². The molecule has 1 aromatic rings. The number of aromatic nitrogens is 2. The first-order valence-electron chi connectivity index (χ1n) is 4.14. The third-order valence-electron chi connectivity index (χ3n) is 2.85. The van der Waals surface area contributed by atoms with Gasteiger partial charge in [0, 0.05) is 24.4 Å². The fraction of sp³-hybridized carbons (Fsp3) is 0.556. The van der Waals surface area contributed by atoms with Crippen molar-refractivity contribution in [1.29, 1.82) is 0 Å². The van der Waals surface area contributed by atoms with Crippen LogP contribution in [-0.4, -0.2) is 16.0 Å². The molecule has 1 heterocycles. The first kappa shape index (κ1) is 7.68. The van der Waals surface area contributed by atoms with E-state index in [4.69, 9.17) is 5.73 Å². The Kier molecular flexibility index (Phi) is 1.45. The summed E-state index contributed by atoms with van der Waals surface area (Å²) in [7, 11) is 0. The van der Waals surface area contributed by atoms with E-state index in [-0.39, 0.29) is 11.5 Å². The molecule has 2 N–H and O–H groups in total. The number of rotatable bonds is 1. The zero-order chi connectivity index (χ0) is 8.77. The van der Waals surface area contributed by atoms with E-state index in [9.17, 15) is 0 Å². The Bertz CT molecular complexity index is 281. The van der Waals surface area contributed by atoms with Crippen LogP contribution in [0.15, 0.2) is 18.7 Å². The van der Waals surface area contributed by atoms with Crippen LogP contribution in [0.4, 0.5) is 0 Å². The van der Waals surface area contributed by atoms with Crippen molar-refractivity contribution >= 4 is 0 Å². The van der Waals surface area contributed by atoms with E-state index in [1.54, 1.807) is 6.33 Å². The molecule has 1 aliphatic rings. The molecule has 3 nitrogen and oxygen atoms in total. The lowest BCUT2D eigenvalue weighted by atomic mass is 10.1. The second-order valence-corrected chi connectivity index (χ2v) is 4.00. The molecule has 1 fully saturated rings. The van der Waals surface area contributed by atoms with Crippen molar-refractivity contribution in [2.24, 2.45) is 11.1 Å². The van der Waals surface area contributed by atoms with Crippen LogP contribution in [0.1, 0.15) is 25.3 Å². The van der Waals surface area contributed by atoms with Gasteiger partial charge in [0.2, 0.25) is 0 Å². The molecule has 0 spiro atoms. The second kappa shape index (κ2) is 2.26. The molecule has 0 aliphatic heterocycles. The van der Waals surface area contributed by atoms with Gasteiger partial charge in [0.05, 0.1) is 0 Å². The topological polar surface area (TPSA) is 51.8 Å². The smallest absolute Gasteiger partial charge is 0.115 e. The third kappa shape index (κ3) is 0.932. The van der Waals surface area contributed by atoms with Crippen molar-refractivity contribution < 1.29 is 0 Å². The molecule has 1 aliphatic carbocycles. The monoisotopic (exact) mass is 163 g/mol. The lowest BCUT2D eigenvalue weighted by Gasteiger charge is -1.99. The number of hydrogen-bond acceptors (Lipinski definition) is 3. The summed E-state index contributed by atoms with van der Waals surface area (Å²) < 4.78 is 0. The van der Waals surface area contributed by atoms with Crippen molar-refractivity contribution in [1.82, 2.24) is 9.97 Å². The van der Waals surface area contributed by atoms with Gasteiger partial charge in [0.25, 0.3) is 0 Å². The van der Waals surface area contributed by atoms with E-state index < -0.39 is 0 Å². The maximum atomic E-state index is 5.92. The summed E-state index contributed by atoms with van der Waals surface area (Å²) in [6.07, 6.45) is 5.25. The van der Waals surface area contributed by atoms with E-state index in [0.717, 1.165) is 5.56 Å². The summed E-state index contributed by atoms with van der Waals surface area (Å²) in [5.74, 6) is 0.443. The van der Waals surface area contributed by atoms with Crippen LogP contribution in [0.5, 0.6) is 0 Å². The number of nitrogens with two attached hydrogens (primary N) is 1. The first-order chi connectivity index (χ1) is 5.64. The van der Waals surface area contributed by atoms with Crippen molar-refractivity contribution in [3.8, 4) is 0 Å². The molecule has 64 valence electrons. The molecule has 0 aromatic carbocycles. The van der Waals surface area contributed by atoms with Crippen LogP contribution >= 0.6 is 0 Å². The van der Waals surface area contributed by atoms with Gasteiger partial charge in [0.15, 0.2) is 0 Å². The highest BCUT2D eigenvalue weighted by molar-refractivity contribution is 5.30. The van der Waals surface area contributed by atoms with E-state index in [0.29, 0.717) is 5.92 Å². The maximum absolute atomic E-state index is 5.92. The molecule has 1 saturated carbocycles.